The summed E-state index contributed by atoms with van der Waals surface area (Å²) in [6, 6.07) is 3.83. The Morgan fingerprint density at radius 3 is 2.89 bits per heavy atom. The lowest BCUT2D eigenvalue weighted by atomic mass is 9.76. The minimum absolute atomic E-state index is 0.108. The van der Waals surface area contributed by atoms with Crippen molar-refractivity contribution in [1.82, 2.24) is 10.1 Å². The van der Waals surface area contributed by atoms with E-state index in [4.69, 9.17) is 15.0 Å². The van der Waals surface area contributed by atoms with Gasteiger partial charge in [0.05, 0.1) is 11.2 Å². The van der Waals surface area contributed by atoms with Crippen molar-refractivity contribution in [2.75, 3.05) is 12.8 Å². The number of anilines is 1. The van der Waals surface area contributed by atoms with Crippen molar-refractivity contribution < 1.29 is 9.26 Å². The number of hydrogen-bond acceptors (Lipinski definition) is 5. The molecule has 0 aliphatic heterocycles. The Kier molecular flexibility index (Phi) is 2.98. The fourth-order valence-electron chi connectivity index (χ4n) is 2.60. The van der Waals surface area contributed by atoms with Crippen molar-refractivity contribution in [3.8, 4) is 11.1 Å². The van der Waals surface area contributed by atoms with Gasteiger partial charge < -0.3 is 15.0 Å². The number of nitrogens with two attached hydrogens (primary N) is 1. The van der Waals surface area contributed by atoms with Gasteiger partial charge >= 0.3 is 0 Å². The number of nitrogen functional groups attached to an aromatic ring is 1. The van der Waals surface area contributed by atoms with Crippen molar-refractivity contribution in [2.24, 2.45) is 0 Å². The van der Waals surface area contributed by atoms with Gasteiger partial charge in [-0.15, -0.1) is 0 Å². The fourth-order valence-corrected chi connectivity index (χ4v) is 2.60. The summed E-state index contributed by atoms with van der Waals surface area (Å²) in [5, 5.41) is 3.89. The molecule has 19 heavy (non-hydrogen) atoms. The zero-order chi connectivity index (χ0) is 13.3. The van der Waals surface area contributed by atoms with Crippen molar-refractivity contribution in [1.29, 1.82) is 0 Å². The molecule has 0 radical (unpaired) electrons. The summed E-state index contributed by atoms with van der Waals surface area (Å²) in [6.45, 7) is 0. The molecule has 1 fully saturated rings. The molecule has 1 saturated carbocycles. The summed E-state index contributed by atoms with van der Waals surface area (Å²) in [5.41, 5.74) is 7.59. The van der Waals surface area contributed by atoms with Gasteiger partial charge in [-0.1, -0.05) is 11.2 Å². The van der Waals surface area contributed by atoms with E-state index in [0.29, 0.717) is 12.2 Å². The van der Waals surface area contributed by atoms with Gasteiger partial charge in [0.15, 0.2) is 5.82 Å². The lowest BCUT2D eigenvalue weighted by Gasteiger charge is -2.39. The Balaban J connectivity index is 1.95. The molecule has 1 aliphatic carbocycles. The lowest BCUT2D eigenvalue weighted by Crippen LogP contribution is -2.41. The normalized spacial score (nSPS) is 17.1. The van der Waals surface area contributed by atoms with Crippen LogP contribution >= 0.6 is 0 Å². The maximum absolute atomic E-state index is 5.92. The van der Waals surface area contributed by atoms with Gasteiger partial charge in [-0.05, 0) is 25.3 Å². The fraction of sp³-hybridized carbons (Fsp3) is 0.429. The third kappa shape index (κ3) is 2.10. The Hall–Kier alpha value is -1.88. The summed E-state index contributed by atoms with van der Waals surface area (Å²) in [6.07, 6.45) is 7.51. The van der Waals surface area contributed by atoms with Crippen LogP contribution in [-0.4, -0.2) is 22.9 Å². The standard InChI is InChI=1S/C14H17N3O2/c1-18-14(5-3-6-14)8-11-12(13(15)17-19-11)10-4-2-7-16-9-10/h2,4,7,9H,3,5-6,8H2,1H3,(H2,15,17). The number of ether oxygens (including phenoxy) is 1. The van der Waals surface area contributed by atoms with E-state index in [2.05, 4.69) is 10.1 Å². The lowest BCUT2D eigenvalue weighted by molar-refractivity contribution is -0.0742. The molecule has 5 heteroatoms. The van der Waals surface area contributed by atoms with Crippen LogP contribution in [0.3, 0.4) is 0 Å². The van der Waals surface area contributed by atoms with E-state index < -0.39 is 0 Å². The quantitative estimate of drug-likeness (QED) is 0.912. The summed E-state index contributed by atoms with van der Waals surface area (Å²) in [5.74, 6) is 1.20. The molecule has 2 aromatic heterocycles. The summed E-state index contributed by atoms with van der Waals surface area (Å²) < 4.78 is 11.0. The second kappa shape index (κ2) is 4.66. The average molecular weight is 259 g/mol. The molecular weight excluding hydrogens is 242 g/mol. The third-order valence-electron chi connectivity index (χ3n) is 3.92. The number of aromatic nitrogens is 2. The second-order valence-electron chi connectivity index (χ2n) is 5.03. The molecule has 0 atom stereocenters. The molecule has 0 unspecified atom stereocenters. The zero-order valence-electron chi connectivity index (χ0n) is 10.9. The highest BCUT2D eigenvalue weighted by atomic mass is 16.5. The monoisotopic (exact) mass is 259 g/mol. The minimum Gasteiger partial charge on any atom is -0.380 e. The highest BCUT2D eigenvalue weighted by Gasteiger charge is 2.39. The maximum Gasteiger partial charge on any atom is 0.175 e. The van der Waals surface area contributed by atoms with Crippen LogP contribution in [0, 0.1) is 0 Å². The summed E-state index contributed by atoms with van der Waals surface area (Å²) in [7, 11) is 1.75. The molecule has 0 spiro atoms. The molecule has 0 amide bonds. The van der Waals surface area contributed by atoms with Gasteiger partial charge in [0.25, 0.3) is 0 Å². The first-order valence-electron chi connectivity index (χ1n) is 6.44. The van der Waals surface area contributed by atoms with E-state index in [1.54, 1.807) is 19.5 Å². The Labute approximate surface area is 111 Å². The van der Waals surface area contributed by atoms with E-state index in [9.17, 15) is 0 Å². The molecule has 0 aromatic carbocycles. The summed E-state index contributed by atoms with van der Waals surface area (Å²) in [4.78, 5) is 4.12. The van der Waals surface area contributed by atoms with Crippen LogP contribution in [0.25, 0.3) is 11.1 Å². The van der Waals surface area contributed by atoms with Gasteiger partial charge in [0.1, 0.15) is 5.76 Å². The molecule has 1 aliphatic rings. The van der Waals surface area contributed by atoms with Gasteiger partial charge in [-0.25, -0.2) is 0 Å². The van der Waals surface area contributed by atoms with Gasteiger partial charge in [0, 0.05) is 31.5 Å². The molecule has 2 aromatic rings. The van der Waals surface area contributed by atoms with Gasteiger partial charge in [0.2, 0.25) is 0 Å². The molecule has 3 rings (SSSR count). The number of methoxy groups -OCH3 is 1. The van der Waals surface area contributed by atoms with Crippen LogP contribution in [0.15, 0.2) is 29.0 Å². The van der Waals surface area contributed by atoms with Crippen LogP contribution in [0.4, 0.5) is 5.82 Å². The second-order valence-corrected chi connectivity index (χ2v) is 5.03. The Morgan fingerprint density at radius 1 is 1.47 bits per heavy atom. The highest BCUT2D eigenvalue weighted by molar-refractivity contribution is 5.74. The van der Waals surface area contributed by atoms with Crippen LogP contribution in [0.1, 0.15) is 25.0 Å². The van der Waals surface area contributed by atoms with Crippen molar-refractivity contribution in [3.63, 3.8) is 0 Å². The Bertz CT molecular complexity index is 556. The van der Waals surface area contributed by atoms with Gasteiger partial charge in [-0.3, -0.25) is 4.98 Å². The van der Waals surface area contributed by atoms with E-state index in [0.717, 1.165) is 29.7 Å². The topological polar surface area (TPSA) is 74.2 Å². The summed E-state index contributed by atoms with van der Waals surface area (Å²) >= 11 is 0. The molecule has 5 nitrogen and oxygen atoms in total. The molecule has 2 N–H and O–H groups in total. The van der Waals surface area contributed by atoms with E-state index in [1.165, 1.54) is 6.42 Å². The maximum atomic E-state index is 5.92. The number of pyridine rings is 1. The molecule has 2 heterocycles. The minimum atomic E-state index is -0.108. The average Bonchev–Trinajstić information content (AvgIpc) is 2.76. The largest absolute Gasteiger partial charge is 0.380 e. The van der Waals surface area contributed by atoms with Crippen LogP contribution in [-0.2, 0) is 11.2 Å². The van der Waals surface area contributed by atoms with Crippen molar-refractivity contribution in [2.45, 2.75) is 31.3 Å². The SMILES string of the molecule is COC1(Cc2onc(N)c2-c2cccnc2)CCC1. The van der Waals surface area contributed by atoms with Crippen LogP contribution in [0.2, 0.25) is 0 Å². The number of nitrogens with zero attached hydrogens (tertiary/aromatic N) is 2. The van der Waals surface area contributed by atoms with Crippen LogP contribution < -0.4 is 5.73 Å². The molecule has 100 valence electrons. The molecule has 0 bridgehead atoms. The predicted molar refractivity (Wildman–Crippen MR) is 71.4 cm³/mol. The smallest absolute Gasteiger partial charge is 0.175 e. The van der Waals surface area contributed by atoms with E-state index in [-0.39, 0.29) is 5.60 Å². The molecular formula is C14H17N3O2. The molecule has 0 saturated heterocycles. The first-order valence-corrected chi connectivity index (χ1v) is 6.44. The number of hydrogen-bond donors (Lipinski definition) is 1. The highest BCUT2D eigenvalue weighted by Crippen LogP contribution is 2.41. The van der Waals surface area contributed by atoms with E-state index >= 15 is 0 Å². The van der Waals surface area contributed by atoms with Crippen molar-refractivity contribution in [3.05, 3.63) is 30.3 Å². The van der Waals surface area contributed by atoms with E-state index in [1.807, 2.05) is 12.1 Å². The number of rotatable bonds is 4. The Morgan fingerprint density at radius 2 is 2.32 bits per heavy atom. The van der Waals surface area contributed by atoms with Crippen LogP contribution in [0.5, 0.6) is 0 Å². The first kappa shape index (κ1) is 12.2. The first-order chi connectivity index (χ1) is 9.24. The van der Waals surface area contributed by atoms with Crippen molar-refractivity contribution >= 4 is 5.82 Å². The third-order valence-corrected chi connectivity index (χ3v) is 3.92. The zero-order valence-corrected chi connectivity index (χ0v) is 10.9. The predicted octanol–water partition coefficient (Wildman–Crippen LogP) is 2.43. The van der Waals surface area contributed by atoms with Gasteiger partial charge in [-0.2, -0.15) is 0 Å².